The molecular weight excluding hydrogens is 406 g/mol. The number of pyridine rings is 1. The number of anilines is 1. The standard InChI is InChI=1S/C21H16BrN3O2/c1-2-13-3-8-19-18(9-13)25-21(27-19)14-4-6-17(7-5-14)24-20(26)15-10-16(22)12-23-11-15/h3-12H,2H2,1H3,(H,24,26). The first-order chi connectivity index (χ1) is 13.1. The highest BCUT2D eigenvalue weighted by atomic mass is 79.9. The Morgan fingerprint density at radius 3 is 2.67 bits per heavy atom. The maximum Gasteiger partial charge on any atom is 0.257 e. The summed E-state index contributed by atoms with van der Waals surface area (Å²) < 4.78 is 6.60. The van der Waals surface area contributed by atoms with E-state index in [2.05, 4.69) is 38.1 Å². The van der Waals surface area contributed by atoms with Crippen LogP contribution in [-0.4, -0.2) is 15.9 Å². The lowest BCUT2D eigenvalue weighted by Crippen LogP contribution is -2.12. The molecule has 0 unspecified atom stereocenters. The number of oxazole rings is 1. The van der Waals surface area contributed by atoms with Gasteiger partial charge < -0.3 is 9.73 Å². The van der Waals surface area contributed by atoms with Crippen LogP contribution in [0.2, 0.25) is 0 Å². The third kappa shape index (κ3) is 3.75. The summed E-state index contributed by atoms with van der Waals surface area (Å²) in [5, 5.41) is 2.85. The number of carbonyl (C=O) groups is 1. The Bertz CT molecular complexity index is 1120. The number of aromatic nitrogens is 2. The summed E-state index contributed by atoms with van der Waals surface area (Å²) >= 11 is 3.31. The van der Waals surface area contributed by atoms with E-state index in [0.717, 1.165) is 27.6 Å². The van der Waals surface area contributed by atoms with Gasteiger partial charge in [0.05, 0.1) is 5.56 Å². The van der Waals surface area contributed by atoms with Crippen molar-refractivity contribution in [2.24, 2.45) is 0 Å². The molecule has 4 rings (SSSR count). The summed E-state index contributed by atoms with van der Waals surface area (Å²) in [6, 6.07) is 15.2. The molecule has 2 aromatic carbocycles. The second-order valence-electron chi connectivity index (χ2n) is 6.10. The number of nitrogens with one attached hydrogen (secondary N) is 1. The topological polar surface area (TPSA) is 68.0 Å². The van der Waals surface area contributed by atoms with Crippen molar-refractivity contribution in [2.75, 3.05) is 5.32 Å². The summed E-state index contributed by atoms with van der Waals surface area (Å²) in [5.74, 6) is 0.345. The Hall–Kier alpha value is -2.99. The normalized spacial score (nSPS) is 10.9. The molecule has 0 aliphatic heterocycles. The molecule has 0 aliphatic carbocycles. The molecule has 0 radical (unpaired) electrons. The van der Waals surface area contributed by atoms with Crippen LogP contribution in [0.3, 0.4) is 0 Å². The lowest BCUT2D eigenvalue weighted by Gasteiger charge is -2.05. The van der Waals surface area contributed by atoms with E-state index < -0.39 is 0 Å². The van der Waals surface area contributed by atoms with Crippen molar-refractivity contribution in [2.45, 2.75) is 13.3 Å². The molecule has 4 aromatic rings. The lowest BCUT2D eigenvalue weighted by molar-refractivity contribution is 0.102. The second kappa shape index (κ2) is 7.32. The minimum Gasteiger partial charge on any atom is -0.436 e. The van der Waals surface area contributed by atoms with E-state index in [1.807, 2.05) is 42.5 Å². The van der Waals surface area contributed by atoms with Crippen molar-refractivity contribution < 1.29 is 9.21 Å². The first kappa shape index (κ1) is 17.4. The van der Waals surface area contributed by atoms with Crippen LogP contribution in [0.1, 0.15) is 22.8 Å². The predicted octanol–water partition coefficient (Wildman–Crippen LogP) is 5.47. The highest BCUT2D eigenvalue weighted by Crippen LogP contribution is 2.26. The predicted molar refractivity (Wildman–Crippen MR) is 109 cm³/mol. The van der Waals surface area contributed by atoms with Crippen LogP contribution in [0.25, 0.3) is 22.6 Å². The van der Waals surface area contributed by atoms with Crippen molar-refractivity contribution in [3.05, 3.63) is 76.5 Å². The molecule has 0 saturated carbocycles. The third-order valence-corrected chi connectivity index (χ3v) is 4.65. The number of benzene rings is 2. The molecule has 1 N–H and O–H groups in total. The minimum absolute atomic E-state index is 0.217. The van der Waals surface area contributed by atoms with Gasteiger partial charge in [-0.15, -0.1) is 0 Å². The number of hydrogen-bond acceptors (Lipinski definition) is 4. The van der Waals surface area contributed by atoms with Crippen molar-refractivity contribution in [3.63, 3.8) is 0 Å². The van der Waals surface area contributed by atoms with Crippen molar-refractivity contribution in [3.8, 4) is 11.5 Å². The molecule has 0 spiro atoms. The number of fused-ring (bicyclic) bond motifs is 1. The van der Waals surface area contributed by atoms with E-state index in [1.165, 1.54) is 11.8 Å². The van der Waals surface area contributed by atoms with E-state index in [1.54, 1.807) is 12.3 Å². The average Bonchev–Trinajstić information content (AvgIpc) is 3.11. The summed E-state index contributed by atoms with van der Waals surface area (Å²) in [6.45, 7) is 2.11. The molecule has 2 aromatic heterocycles. The van der Waals surface area contributed by atoms with Crippen LogP contribution in [0, 0.1) is 0 Å². The van der Waals surface area contributed by atoms with Gasteiger partial charge in [-0.25, -0.2) is 4.98 Å². The maximum absolute atomic E-state index is 12.3. The maximum atomic E-state index is 12.3. The van der Waals surface area contributed by atoms with Crippen molar-refractivity contribution in [1.29, 1.82) is 0 Å². The smallest absolute Gasteiger partial charge is 0.257 e. The van der Waals surface area contributed by atoms with Gasteiger partial charge in [0.2, 0.25) is 5.89 Å². The van der Waals surface area contributed by atoms with E-state index in [0.29, 0.717) is 17.1 Å². The molecule has 134 valence electrons. The van der Waals surface area contributed by atoms with Crippen molar-refractivity contribution in [1.82, 2.24) is 9.97 Å². The van der Waals surface area contributed by atoms with E-state index in [4.69, 9.17) is 4.42 Å². The van der Waals surface area contributed by atoms with Gasteiger partial charge >= 0.3 is 0 Å². The number of aryl methyl sites for hydroxylation is 1. The molecule has 2 heterocycles. The van der Waals surface area contributed by atoms with Crippen molar-refractivity contribution >= 4 is 38.6 Å². The molecule has 6 heteroatoms. The zero-order chi connectivity index (χ0) is 18.8. The van der Waals surface area contributed by atoms with Crippen LogP contribution in [0.4, 0.5) is 5.69 Å². The van der Waals surface area contributed by atoms with Crippen LogP contribution >= 0.6 is 15.9 Å². The Labute approximate surface area is 164 Å². The van der Waals surface area contributed by atoms with E-state index in [9.17, 15) is 4.79 Å². The van der Waals surface area contributed by atoms with Gasteiger partial charge in [0.15, 0.2) is 5.58 Å². The molecule has 0 aliphatic rings. The van der Waals surface area contributed by atoms with Crippen LogP contribution in [0.15, 0.2) is 69.8 Å². The SMILES string of the molecule is CCc1ccc2oc(-c3ccc(NC(=O)c4cncc(Br)c4)cc3)nc2c1. The van der Waals surface area contributed by atoms with Gasteiger partial charge in [0.25, 0.3) is 5.91 Å². The van der Waals surface area contributed by atoms with E-state index >= 15 is 0 Å². The quantitative estimate of drug-likeness (QED) is 0.474. The Morgan fingerprint density at radius 1 is 1.11 bits per heavy atom. The fourth-order valence-corrected chi connectivity index (χ4v) is 3.12. The Morgan fingerprint density at radius 2 is 1.93 bits per heavy atom. The first-order valence-electron chi connectivity index (χ1n) is 8.54. The van der Waals surface area contributed by atoms with Gasteiger partial charge in [-0.1, -0.05) is 13.0 Å². The number of hydrogen-bond donors (Lipinski definition) is 1. The summed E-state index contributed by atoms with van der Waals surface area (Å²) in [7, 11) is 0. The largest absolute Gasteiger partial charge is 0.436 e. The molecule has 27 heavy (non-hydrogen) atoms. The summed E-state index contributed by atoms with van der Waals surface area (Å²) in [5.41, 5.74) is 4.87. The number of rotatable bonds is 4. The number of carbonyl (C=O) groups excluding carboxylic acids is 1. The number of amides is 1. The minimum atomic E-state index is -0.217. The number of halogens is 1. The molecule has 0 atom stereocenters. The highest BCUT2D eigenvalue weighted by Gasteiger charge is 2.10. The van der Waals surface area contributed by atoms with Gasteiger partial charge in [-0.3, -0.25) is 9.78 Å². The van der Waals surface area contributed by atoms with Gasteiger partial charge in [0, 0.05) is 28.1 Å². The van der Waals surface area contributed by atoms with Crippen LogP contribution in [0.5, 0.6) is 0 Å². The zero-order valence-corrected chi connectivity index (χ0v) is 16.2. The third-order valence-electron chi connectivity index (χ3n) is 4.22. The van der Waals surface area contributed by atoms with Gasteiger partial charge in [0.1, 0.15) is 5.52 Å². The molecule has 0 fully saturated rings. The molecular formula is C21H16BrN3O2. The molecule has 0 saturated heterocycles. The van der Waals surface area contributed by atoms with Crippen LogP contribution < -0.4 is 5.32 Å². The fourth-order valence-electron chi connectivity index (χ4n) is 2.75. The second-order valence-corrected chi connectivity index (χ2v) is 7.01. The fraction of sp³-hybridized carbons (Fsp3) is 0.0952. The Kier molecular flexibility index (Phi) is 4.73. The highest BCUT2D eigenvalue weighted by molar-refractivity contribution is 9.10. The van der Waals surface area contributed by atoms with Gasteiger partial charge in [-0.05, 0) is 70.4 Å². The van der Waals surface area contributed by atoms with Crippen LogP contribution in [-0.2, 0) is 6.42 Å². The molecule has 5 nitrogen and oxygen atoms in total. The Balaban J connectivity index is 1.54. The lowest BCUT2D eigenvalue weighted by atomic mass is 10.1. The monoisotopic (exact) mass is 421 g/mol. The summed E-state index contributed by atoms with van der Waals surface area (Å²) in [4.78, 5) is 20.9. The molecule has 1 amide bonds. The molecule has 0 bridgehead atoms. The zero-order valence-electron chi connectivity index (χ0n) is 14.6. The summed E-state index contributed by atoms with van der Waals surface area (Å²) in [6.07, 6.45) is 4.12. The first-order valence-corrected chi connectivity index (χ1v) is 9.33. The number of nitrogens with zero attached hydrogens (tertiary/aromatic N) is 2. The average molecular weight is 422 g/mol. The van der Waals surface area contributed by atoms with E-state index in [-0.39, 0.29) is 5.91 Å². The van der Waals surface area contributed by atoms with Gasteiger partial charge in [-0.2, -0.15) is 0 Å².